The fourth-order valence-corrected chi connectivity index (χ4v) is 3.12. The van der Waals surface area contributed by atoms with E-state index in [4.69, 9.17) is 14.6 Å². The first-order valence-corrected chi connectivity index (χ1v) is 10.7. The first-order chi connectivity index (χ1) is 13.7. The largest absolute Gasteiger partial charge is 0.493 e. The Balaban J connectivity index is 2.71. The molecule has 0 aromatic heterocycles. The van der Waals surface area contributed by atoms with Crippen molar-refractivity contribution >= 4 is 12.4 Å². The lowest BCUT2D eigenvalue weighted by atomic mass is 9.99. The predicted molar refractivity (Wildman–Crippen MR) is 116 cm³/mol. The Hall–Kier alpha value is -1.81. The van der Waals surface area contributed by atoms with Crippen molar-refractivity contribution in [3.8, 4) is 11.5 Å². The minimum Gasteiger partial charge on any atom is -0.493 e. The zero-order valence-corrected chi connectivity index (χ0v) is 17.9. The molecule has 0 aliphatic rings. The van der Waals surface area contributed by atoms with Gasteiger partial charge in [0.2, 0.25) is 0 Å². The summed E-state index contributed by atoms with van der Waals surface area (Å²) in [6.07, 6.45) is 15.3. The molecule has 0 aliphatic carbocycles. The molecule has 158 valence electrons. The van der Waals surface area contributed by atoms with Crippen LogP contribution in [0.5, 0.6) is 11.5 Å². The molecule has 0 saturated heterocycles. The number of methoxy groups -OCH3 is 1. The number of allylic oxidation sites excluding steroid dienone is 1. The summed E-state index contributed by atoms with van der Waals surface area (Å²) in [5, 5.41) is 8.85. The summed E-state index contributed by atoms with van der Waals surface area (Å²) in [5.74, 6) is 1.71. The lowest BCUT2D eigenvalue weighted by molar-refractivity contribution is 0.112. The Labute approximate surface area is 170 Å². The van der Waals surface area contributed by atoms with Gasteiger partial charge in [0, 0.05) is 12.2 Å². The third kappa shape index (κ3) is 9.41. The van der Waals surface area contributed by atoms with E-state index >= 15 is 0 Å². The lowest BCUT2D eigenvalue weighted by Gasteiger charge is -2.13. The molecule has 28 heavy (non-hydrogen) atoms. The van der Waals surface area contributed by atoms with E-state index in [0.717, 1.165) is 31.1 Å². The topological polar surface area (TPSA) is 55.8 Å². The summed E-state index contributed by atoms with van der Waals surface area (Å²) in [4.78, 5) is 11.5. The van der Waals surface area contributed by atoms with Crippen LogP contribution in [0.25, 0.3) is 6.08 Å². The summed E-state index contributed by atoms with van der Waals surface area (Å²) in [7, 11) is 1.58. The number of carbonyl (C=O) groups is 1. The number of hydrogen-bond acceptors (Lipinski definition) is 4. The number of unbranched alkanes of at least 4 members (excludes halogenated alkanes) is 6. The molecule has 1 aromatic rings. The van der Waals surface area contributed by atoms with Crippen molar-refractivity contribution in [2.75, 3.05) is 20.3 Å². The number of hydrogen-bond donors (Lipinski definition) is 1. The van der Waals surface area contributed by atoms with Gasteiger partial charge in [-0.1, -0.05) is 58.1 Å². The van der Waals surface area contributed by atoms with Crippen molar-refractivity contribution in [1.82, 2.24) is 0 Å². The molecule has 1 N–H and O–H groups in total. The molecular weight excluding hydrogens is 352 g/mol. The van der Waals surface area contributed by atoms with Gasteiger partial charge in [0.25, 0.3) is 0 Å². The minimum absolute atomic E-state index is 0.211. The van der Waals surface area contributed by atoms with E-state index < -0.39 is 0 Å². The molecule has 1 unspecified atom stereocenters. The smallest absolute Gasteiger partial charge is 0.161 e. The summed E-state index contributed by atoms with van der Waals surface area (Å²) in [5.41, 5.74) is 1.47. The highest BCUT2D eigenvalue weighted by Crippen LogP contribution is 2.31. The number of rotatable bonds is 16. The van der Waals surface area contributed by atoms with Crippen molar-refractivity contribution < 1.29 is 19.4 Å². The standard InChI is InChI=1S/C24H38O4/c1-4-5-6-7-9-12-20(2)13-14-21-17-24(28-16-11-8-10-15-25)23(27-3)18-22(21)19-26/h13-14,17-20,25H,4-12,15-16H2,1-3H3/b14-13-. The van der Waals surface area contributed by atoms with Gasteiger partial charge in [-0.2, -0.15) is 0 Å². The number of aliphatic hydroxyl groups is 1. The first kappa shape index (κ1) is 24.2. The molecule has 4 nitrogen and oxygen atoms in total. The minimum atomic E-state index is 0.211. The molecule has 0 amide bonds. The zero-order valence-electron chi connectivity index (χ0n) is 17.9. The van der Waals surface area contributed by atoms with E-state index in [-0.39, 0.29) is 6.61 Å². The predicted octanol–water partition coefficient (Wildman–Crippen LogP) is 6.06. The Morgan fingerprint density at radius 1 is 1.00 bits per heavy atom. The third-order valence-corrected chi connectivity index (χ3v) is 4.92. The van der Waals surface area contributed by atoms with Crippen LogP contribution >= 0.6 is 0 Å². The van der Waals surface area contributed by atoms with Crippen molar-refractivity contribution in [2.24, 2.45) is 5.92 Å². The zero-order chi connectivity index (χ0) is 20.6. The van der Waals surface area contributed by atoms with Crippen LogP contribution < -0.4 is 9.47 Å². The second kappa shape index (κ2) is 15.2. The highest BCUT2D eigenvalue weighted by molar-refractivity contribution is 5.83. The SMILES string of the molecule is CCCCCCCC(C)/C=C\c1cc(OCCCCCO)c(OC)cc1C=O. The molecular formula is C24H38O4. The van der Waals surface area contributed by atoms with E-state index in [1.54, 1.807) is 13.2 Å². The van der Waals surface area contributed by atoms with Gasteiger partial charge in [0.15, 0.2) is 17.8 Å². The number of ether oxygens (including phenoxy) is 2. The molecule has 0 heterocycles. The van der Waals surface area contributed by atoms with Crippen LogP contribution in [0.15, 0.2) is 18.2 Å². The lowest BCUT2D eigenvalue weighted by Crippen LogP contribution is -2.01. The van der Waals surface area contributed by atoms with E-state index in [0.29, 0.717) is 29.6 Å². The van der Waals surface area contributed by atoms with Crippen molar-refractivity contribution in [2.45, 2.75) is 71.6 Å². The molecule has 0 aliphatic heterocycles. The maximum absolute atomic E-state index is 11.5. The fraction of sp³-hybridized carbons (Fsp3) is 0.625. The van der Waals surface area contributed by atoms with Crippen molar-refractivity contribution in [3.05, 3.63) is 29.3 Å². The van der Waals surface area contributed by atoms with Crippen LogP contribution in [0.1, 0.15) is 87.6 Å². The van der Waals surface area contributed by atoms with E-state index in [1.165, 1.54) is 38.5 Å². The third-order valence-electron chi connectivity index (χ3n) is 4.92. The van der Waals surface area contributed by atoms with E-state index in [2.05, 4.69) is 19.9 Å². The Morgan fingerprint density at radius 3 is 2.39 bits per heavy atom. The Morgan fingerprint density at radius 2 is 1.71 bits per heavy atom. The van der Waals surface area contributed by atoms with Gasteiger partial charge < -0.3 is 14.6 Å². The van der Waals surface area contributed by atoms with Crippen LogP contribution in [0, 0.1) is 5.92 Å². The summed E-state index contributed by atoms with van der Waals surface area (Å²) < 4.78 is 11.3. The maximum Gasteiger partial charge on any atom is 0.161 e. The fourth-order valence-electron chi connectivity index (χ4n) is 3.12. The summed E-state index contributed by atoms with van der Waals surface area (Å²) in [6, 6.07) is 3.63. The number of aliphatic hydroxyl groups excluding tert-OH is 1. The molecule has 0 fully saturated rings. The number of benzene rings is 1. The van der Waals surface area contributed by atoms with Crippen LogP contribution in [0.3, 0.4) is 0 Å². The van der Waals surface area contributed by atoms with E-state index in [9.17, 15) is 4.79 Å². The van der Waals surface area contributed by atoms with Gasteiger partial charge >= 0.3 is 0 Å². The molecule has 0 spiro atoms. The van der Waals surface area contributed by atoms with Gasteiger partial charge in [-0.3, -0.25) is 4.79 Å². The summed E-state index contributed by atoms with van der Waals surface area (Å²) >= 11 is 0. The van der Waals surface area contributed by atoms with Gasteiger partial charge in [-0.15, -0.1) is 0 Å². The van der Waals surface area contributed by atoms with Crippen LogP contribution in [-0.2, 0) is 0 Å². The monoisotopic (exact) mass is 390 g/mol. The highest BCUT2D eigenvalue weighted by atomic mass is 16.5. The quantitative estimate of drug-likeness (QED) is 0.275. The maximum atomic E-state index is 11.5. The molecule has 0 saturated carbocycles. The van der Waals surface area contributed by atoms with Crippen molar-refractivity contribution in [1.29, 1.82) is 0 Å². The van der Waals surface area contributed by atoms with Crippen LogP contribution in [-0.4, -0.2) is 31.7 Å². The van der Waals surface area contributed by atoms with Gasteiger partial charge in [-0.05, 0) is 49.3 Å². The molecule has 0 radical (unpaired) electrons. The average Bonchev–Trinajstić information content (AvgIpc) is 2.71. The van der Waals surface area contributed by atoms with Crippen LogP contribution in [0.4, 0.5) is 0 Å². The Kier molecular flexibility index (Phi) is 13.1. The average molecular weight is 391 g/mol. The Bertz CT molecular complexity index is 580. The van der Waals surface area contributed by atoms with Gasteiger partial charge in [-0.25, -0.2) is 0 Å². The normalized spacial score (nSPS) is 12.3. The molecule has 1 rings (SSSR count). The molecule has 1 atom stereocenters. The van der Waals surface area contributed by atoms with Gasteiger partial charge in [0.05, 0.1) is 13.7 Å². The van der Waals surface area contributed by atoms with Crippen LogP contribution in [0.2, 0.25) is 0 Å². The van der Waals surface area contributed by atoms with Gasteiger partial charge in [0.1, 0.15) is 0 Å². The molecule has 0 bridgehead atoms. The second-order valence-electron chi connectivity index (χ2n) is 7.42. The number of aldehydes is 1. The molecule has 1 aromatic carbocycles. The highest BCUT2D eigenvalue weighted by Gasteiger charge is 2.10. The molecule has 4 heteroatoms. The number of carbonyl (C=O) groups excluding carboxylic acids is 1. The first-order valence-electron chi connectivity index (χ1n) is 10.7. The summed E-state index contributed by atoms with van der Waals surface area (Å²) in [6.45, 7) is 5.23. The van der Waals surface area contributed by atoms with Crippen molar-refractivity contribution in [3.63, 3.8) is 0 Å². The van der Waals surface area contributed by atoms with E-state index in [1.807, 2.05) is 12.1 Å². The second-order valence-corrected chi connectivity index (χ2v) is 7.42.